The van der Waals surface area contributed by atoms with E-state index >= 15 is 0 Å². The Morgan fingerprint density at radius 1 is 1.11 bits per heavy atom. The van der Waals surface area contributed by atoms with E-state index in [1.54, 1.807) is 4.72 Å². The van der Waals surface area contributed by atoms with E-state index in [0.717, 1.165) is 6.26 Å². The van der Waals surface area contributed by atoms with Crippen LogP contribution in [0.25, 0.3) is 0 Å². The fourth-order valence-electron chi connectivity index (χ4n) is 0.891. The predicted molar refractivity (Wildman–Crippen MR) is 60.3 cm³/mol. The van der Waals surface area contributed by atoms with Crippen LogP contribution in [0.1, 0.15) is 6.42 Å². The molecule has 0 rings (SSSR count). The molecule has 0 saturated heterocycles. The highest BCUT2D eigenvalue weighted by Crippen LogP contribution is 1.98. The van der Waals surface area contributed by atoms with Crippen LogP contribution < -0.4 is 4.72 Å². The molecule has 1 atom stereocenters. The van der Waals surface area contributed by atoms with E-state index in [0.29, 0.717) is 0 Å². The summed E-state index contributed by atoms with van der Waals surface area (Å²) in [5, 5.41) is 17.0. The molecule has 0 bridgehead atoms. The molecule has 18 heavy (non-hydrogen) atoms. The lowest BCUT2D eigenvalue weighted by Crippen LogP contribution is -2.43. The van der Waals surface area contributed by atoms with Crippen LogP contribution in [0.3, 0.4) is 0 Å². The monoisotopic (exact) mass is 303 g/mol. The Morgan fingerprint density at radius 3 is 1.94 bits per heavy atom. The fourth-order valence-corrected chi connectivity index (χ4v) is 3.71. The fraction of sp³-hybridized carbons (Fsp3) is 0.714. The minimum absolute atomic E-state index is 0.679. The van der Waals surface area contributed by atoms with Gasteiger partial charge in [-0.2, -0.15) is 0 Å². The minimum atomic E-state index is -4.18. The summed E-state index contributed by atoms with van der Waals surface area (Å²) in [4.78, 5) is 20.9. The molecule has 0 saturated carbocycles. The van der Waals surface area contributed by atoms with Gasteiger partial charge >= 0.3 is 11.9 Å². The lowest BCUT2D eigenvalue weighted by atomic mass is 10.2. The van der Waals surface area contributed by atoms with E-state index in [2.05, 4.69) is 0 Å². The Morgan fingerprint density at radius 2 is 1.61 bits per heavy atom. The maximum absolute atomic E-state index is 11.3. The van der Waals surface area contributed by atoms with E-state index in [1.165, 1.54) is 0 Å². The molecule has 0 aliphatic rings. The summed E-state index contributed by atoms with van der Waals surface area (Å²) in [6, 6.07) is -1.83. The van der Waals surface area contributed by atoms with Crippen LogP contribution in [0.2, 0.25) is 0 Å². The van der Waals surface area contributed by atoms with Gasteiger partial charge in [-0.05, 0) is 0 Å². The molecule has 0 aromatic heterocycles. The molecule has 0 radical (unpaired) electrons. The second kappa shape index (κ2) is 6.11. The highest BCUT2D eigenvalue weighted by atomic mass is 32.2. The third-order valence-corrected chi connectivity index (χ3v) is 4.31. The molecule has 0 aromatic rings. The summed E-state index contributed by atoms with van der Waals surface area (Å²) in [6.45, 7) is 0. The summed E-state index contributed by atoms with van der Waals surface area (Å²) in [7, 11) is -7.70. The molecular weight excluding hydrogens is 290 g/mol. The Kier molecular flexibility index (Phi) is 5.70. The van der Waals surface area contributed by atoms with Gasteiger partial charge in [-0.1, -0.05) is 0 Å². The number of nitrogens with one attached hydrogen (secondary N) is 1. The molecule has 9 nitrogen and oxygen atoms in total. The topological polar surface area (TPSA) is 155 Å². The standard InChI is InChI=1S/C7H13NO8S2/c1-17(13,14)2-3-18(15,16)8-5(7(11)12)4-6(9)10/h5,8H,2-4H2,1H3,(H,9,10)(H,11,12)/t5-/m0/s1. The number of rotatable bonds is 8. The van der Waals surface area contributed by atoms with E-state index in [-0.39, 0.29) is 0 Å². The van der Waals surface area contributed by atoms with E-state index in [9.17, 15) is 26.4 Å². The van der Waals surface area contributed by atoms with E-state index in [1.807, 2.05) is 0 Å². The molecule has 0 aliphatic carbocycles. The third kappa shape index (κ3) is 7.97. The Bertz CT molecular complexity index is 520. The molecule has 0 amide bonds. The van der Waals surface area contributed by atoms with Gasteiger partial charge in [0.2, 0.25) is 10.0 Å². The Hall–Kier alpha value is -1.20. The molecule has 106 valence electrons. The SMILES string of the molecule is CS(=O)(=O)CCS(=O)(=O)N[C@@H](CC(=O)O)C(=O)O. The van der Waals surface area contributed by atoms with Crippen molar-refractivity contribution in [3.63, 3.8) is 0 Å². The van der Waals surface area contributed by atoms with Crippen LogP contribution in [0.4, 0.5) is 0 Å². The smallest absolute Gasteiger partial charge is 0.322 e. The molecule has 11 heteroatoms. The molecule has 3 N–H and O–H groups in total. The first-order valence-corrected chi connectivity index (χ1v) is 8.26. The van der Waals surface area contributed by atoms with Gasteiger partial charge < -0.3 is 10.2 Å². The van der Waals surface area contributed by atoms with Crippen molar-refractivity contribution in [2.24, 2.45) is 0 Å². The van der Waals surface area contributed by atoms with Gasteiger partial charge in [0.1, 0.15) is 15.9 Å². The largest absolute Gasteiger partial charge is 0.481 e. The van der Waals surface area contributed by atoms with Crippen molar-refractivity contribution in [3.8, 4) is 0 Å². The maximum Gasteiger partial charge on any atom is 0.322 e. The molecule has 0 heterocycles. The van der Waals surface area contributed by atoms with Crippen molar-refractivity contribution in [3.05, 3.63) is 0 Å². The van der Waals surface area contributed by atoms with Gasteiger partial charge in [-0.25, -0.2) is 21.6 Å². The Balaban J connectivity index is 4.72. The van der Waals surface area contributed by atoms with Crippen LogP contribution in [0.5, 0.6) is 0 Å². The van der Waals surface area contributed by atoms with Crippen molar-refractivity contribution in [1.82, 2.24) is 4.72 Å². The number of carbonyl (C=O) groups is 2. The zero-order chi connectivity index (χ0) is 14.6. The van der Waals surface area contributed by atoms with Gasteiger partial charge in [0, 0.05) is 6.26 Å². The first-order valence-electron chi connectivity index (χ1n) is 4.55. The zero-order valence-corrected chi connectivity index (χ0v) is 11.0. The molecular formula is C7H13NO8S2. The summed E-state index contributed by atoms with van der Waals surface area (Å²) in [6.07, 6.45) is -0.109. The number of hydrogen-bond acceptors (Lipinski definition) is 6. The number of sulfonamides is 1. The van der Waals surface area contributed by atoms with Crippen molar-refractivity contribution < 1.29 is 36.6 Å². The average Bonchev–Trinajstić information content (AvgIpc) is 2.11. The number of carboxylic acid groups (broad SMARTS) is 2. The predicted octanol–water partition coefficient (Wildman–Crippen LogP) is -2.12. The summed E-state index contributed by atoms with van der Waals surface area (Å²) < 4.78 is 45.9. The Labute approximate surface area is 104 Å². The van der Waals surface area contributed by atoms with Crippen LogP contribution in [0, 0.1) is 0 Å². The van der Waals surface area contributed by atoms with Crippen molar-refractivity contribution in [2.45, 2.75) is 12.5 Å². The molecule has 0 aliphatic heterocycles. The van der Waals surface area contributed by atoms with Crippen LogP contribution in [-0.4, -0.2) is 62.8 Å². The van der Waals surface area contributed by atoms with Crippen molar-refractivity contribution >= 4 is 31.8 Å². The number of sulfone groups is 1. The second-order valence-corrected chi connectivity index (χ2v) is 7.69. The van der Waals surface area contributed by atoms with Gasteiger partial charge in [0.25, 0.3) is 0 Å². The van der Waals surface area contributed by atoms with E-state index < -0.39 is 55.8 Å². The quantitative estimate of drug-likeness (QED) is 0.459. The minimum Gasteiger partial charge on any atom is -0.481 e. The molecule has 0 aromatic carbocycles. The maximum atomic E-state index is 11.3. The summed E-state index contributed by atoms with van der Waals surface area (Å²) in [5.74, 6) is -4.65. The van der Waals surface area contributed by atoms with Crippen molar-refractivity contribution in [2.75, 3.05) is 17.8 Å². The first-order chi connectivity index (χ1) is 7.93. The summed E-state index contributed by atoms with van der Waals surface area (Å²) in [5.41, 5.74) is 0. The van der Waals surface area contributed by atoms with Gasteiger partial charge in [0.05, 0.1) is 17.9 Å². The van der Waals surface area contributed by atoms with Gasteiger partial charge in [-0.3, -0.25) is 9.59 Å². The van der Waals surface area contributed by atoms with Crippen LogP contribution in [0.15, 0.2) is 0 Å². The lowest BCUT2D eigenvalue weighted by Gasteiger charge is -2.12. The normalized spacial score (nSPS) is 14.1. The highest BCUT2D eigenvalue weighted by Gasteiger charge is 2.26. The lowest BCUT2D eigenvalue weighted by molar-refractivity contribution is -0.145. The second-order valence-electron chi connectivity index (χ2n) is 3.56. The molecule has 0 fully saturated rings. The number of carboxylic acids is 2. The van der Waals surface area contributed by atoms with Crippen LogP contribution >= 0.6 is 0 Å². The van der Waals surface area contributed by atoms with Gasteiger partial charge in [0.15, 0.2) is 0 Å². The third-order valence-electron chi connectivity index (χ3n) is 1.72. The number of aliphatic carboxylic acids is 2. The number of hydrogen-bond donors (Lipinski definition) is 3. The highest BCUT2D eigenvalue weighted by molar-refractivity contribution is 7.93. The van der Waals surface area contributed by atoms with Crippen LogP contribution in [-0.2, 0) is 29.4 Å². The molecule has 0 unspecified atom stereocenters. The first kappa shape index (κ1) is 16.8. The zero-order valence-electron chi connectivity index (χ0n) is 9.36. The molecule has 0 spiro atoms. The van der Waals surface area contributed by atoms with Gasteiger partial charge in [-0.15, -0.1) is 0 Å². The van der Waals surface area contributed by atoms with E-state index in [4.69, 9.17) is 10.2 Å². The van der Waals surface area contributed by atoms with Crippen molar-refractivity contribution in [1.29, 1.82) is 0 Å². The summed E-state index contributed by atoms with van der Waals surface area (Å²) >= 11 is 0. The average molecular weight is 303 g/mol.